The van der Waals surface area contributed by atoms with Gasteiger partial charge in [-0.05, 0) is 64.5 Å². The number of carboxylic acids is 1. The first-order chi connectivity index (χ1) is 10.9. The van der Waals surface area contributed by atoms with Gasteiger partial charge in [0.15, 0.2) is 6.61 Å². The average Bonchev–Trinajstić information content (AvgIpc) is 2.88. The average molecular weight is 398 g/mol. The van der Waals surface area contributed by atoms with Gasteiger partial charge in [0.25, 0.3) is 5.91 Å². The molecule has 2 rings (SSSR count). The molecule has 0 aliphatic heterocycles. The first-order valence-corrected chi connectivity index (χ1v) is 8.51. The summed E-state index contributed by atoms with van der Waals surface area (Å²) in [5, 5.41) is 13.5. The topological polar surface area (TPSA) is 75.6 Å². The van der Waals surface area contributed by atoms with E-state index in [0.29, 0.717) is 17.9 Å². The molecule has 2 N–H and O–H groups in total. The maximum absolute atomic E-state index is 12.3. The number of nitrogens with one attached hydrogen (secondary N) is 1. The Labute approximate surface area is 146 Å². The molecule has 0 bridgehead atoms. The molecule has 0 unspecified atom stereocenters. The Bertz CT molecular complexity index is 718. The third-order valence-electron chi connectivity index (χ3n) is 3.16. The Kier molecular flexibility index (Phi) is 5.79. The van der Waals surface area contributed by atoms with Gasteiger partial charge in [0, 0.05) is 14.9 Å². The Hall–Kier alpha value is -1.86. The van der Waals surface area contributed by atoms with Crippen LogP contribution in [0.15, 0.2) is 28.1 Å². The standard InChI is InChI=1S/C16H16BrNO4S/c1-9-5-11(6-10(2)15(9)22-8-14(19)20)16(21)18-7-13-12(17)3-4-23-13/h3-6H,7-8H2,1-2H3,(H,18,21)(H,19,20). The number of carbonyl (C=O) groups is 2. The van der Waals surface area contributed by atoms with Crippen molar-refractivity contribution < 1.29 is 19.4 Å². The van der Waals surface area contributed by atoms with Crippen LogP contribution >= 0.6 is 27.3 Å². The zero-order valence-corrected chi connectivity index (χ0v) is 15.1. The van der Waals surface area contributed by atoms with E-state index in [2.05, 4.69) is 21.2 Å². The molecule has 1 heterocycles. The van der Waals surface area contributed by atoms with Crippen molar-refractivity contribution in [1.29, 1.82) is 0 Å². The third kappa shape index (κ3) is 4.56. The number of amides is 1. The molecule has 1 amide bonds. The summed E-state index contributed by atoms with van der Waals surface area (Å²) < 4.78 is 6.24. The van der Waals surface area contributed by atoms with Crippen LogP contribution in [-0.4, -0.2) is 23.6 Å². The SMILES string of the molecule is Cc1cc(C(=O)NCc2sccc2Br)cc(C)c1OCC(=O)O. The summed E-state index contributed by atoms with van der Waals surface area (Å²) in [7, 11) is 0. The van der Waals surface area contributed by atoms with Crippen LogP contribution in [0.3, 0.4) is 0 Å². The molecule has 0 spiro atoms. The van der Waals surface area contributed by atoms with Crippen LogP contribution in [-0.2, 0) is 11.3 Å². The fourth-order valence-electron chi connectivity index (χ4n) is 2.16. The second-order valence-corrected chi connectivity index (χ2v) is 6.85. The van der Waals surface area contributed by atoms with Crippen LogP contribution in [0.4, 0.5) is 0 Å². The highest BCUT2D eigenvalue weighted by Crippen LogP contribution is 2.25. The van der Waals surface area contributed by atoms with Crippen molar-refractivity contribution in [3.63, 3.8) is 0 Å². The lowest BCUT2D eigenvalue weighted by atomic mass is 10.1. The van der Waals surface area contributed by atoms with Crippen molar-refractivity contribution in [3.05, 3.63) is 49.6 Å². The number of halogens is 1. The van der Waals surface area contributed by atoms with Crippen molar-refractivity contribution in [2.24, 2.45) is 0 Å². The molecular formula is C16H16BrNO4S. The van der Waals surface area contributed by atoms with Crippen LogP contribution in [0.2, 0.25) is 0 Å². The van der Waals surface area contributed by atoms with Crippen molar-refractivity contribution >= 4 is 39.1 Å². The molecule has 122 valence electrons. The van der Waals surface area contributed by atoms with Gasteiger partial charge in [-0.25, -0.2) is 4.79 Å². The van der Waals surface area contributed by atoms with Crippen LogP contribution in [0.5, 0.6) is 5.75 Å². The summed E-state index contributed by atoms with van der Waals surface area (Å²) in [6, 6.07) is 5.33. The number of aliphatic carboxylic acids is 1. The normalized spacial score (nSPS) is 10.4. The molecule has 1 aromatic carbocycles. The van der Waals surface area contributed by atoms with Gasteiger partial charge >= 0.3 is 5.97 Å². The van der Waals surface area contributed by atoms with Crippen LogP contribution in [0, 0.1) is 13.8 Å². The number of aryl methyl sites for hydroxylation is 2. The minimum absolute atomic E-state index is 0.179. The largest absolute Gasteiger partial charge is 0.481 e. The second-order valence-electron chi connectivity index (χ2n) is 5.00. The molecule has 0 atom stereocenters. The minimum Gasteiger partial charge on any atom is -0.481 e. The summed E-state index contributed by atoms with van der Waals surface area (Å²) >= 11 is 5.00. The van der Waals surface area contributed by atoms with E-state index < -0.39 is 12.6 Å². The van der Waals surface area contributed by atoms with Crippen molar-refractivity contribution in [1.82, 2.24) is 5.32 Å². The summed E-state index contributed by atoms with van der Waals surface area (Å²) in [4.78, 5) is 23.9. The lowest BCUT2D eigenvalue weighted by Gasteiger charge is -2.13. The summed E-state index contributed by atoms with van der Waals surface area (Å²) in [5.41, 5.74) is 1.98. The summed E-state index contributed by atoms with van der Waals surface area (Å²) in [5.74, 6) is -0.710. The molecule has 0 aliphatic rings. The van der Waals surface area contributed by atoms with E-state index in [9.17, 15) is 9.59 Å². The fourth-order valence-corrected chi connectivity index (χ4v) is 3.59. The van der Waals surface area contributed by atoms with Gasteiger partial charge in [-0.2, -0.15) is 0 Å². The molecule has 1 aromatic heterocycles. The van der Waals surface area contributed by atoms with Gasteiger partial charge in [0.2, 0.25) is 0 Å². The zero-order chi connectivity index (χ0) is 17.0. The van der Waals surface area contributed by atoms with E-state index in [0.717, 1.165) is 20.5 Å². The van der Waals surface area contributed by atoms with Crippen LogP contribution in [0.1, 0.15) is 26.4 Å². The number of carbonyl (C=O) groups excluding carboxylic acids is 1. The fraction of sp³-hybridized carbons (Fsp3) is 0.250. The van der Waals surface area contributed by atoms with Gasteiger partial charge in [0.05, 0.1) is 6.54 Å². The molecule has 2 aromatic rings. The molecule has 0 aliphatic carbocycles. The zero-order valence-electron chi connectivity index (χ0n) is 12.7. The van der Waals surface area contributed by atoms with E-state index >= 15 is 0 Å². The first-order valence-electron chi connectivity index (χ1n) is 6.84. The lowest BCUT2D eigenvalue weighted by Crippen LogP contribution is -2.23. The molecule has 5 nitrogen and oxygen atoms in total. The van der Waals surface area contributed by atoms with Gasteiger partial charge in [0.1, 0.15) is 5.75 Å². The Morgan fingerprint density at radius 2 is 1.96 bits per heavy atom. The number of rotatable bonds is 6. The van der Waals surface area contributed by atoms with E-state index in [4.69, 9.17) is 9.84 Å². The minimum atomic E-state index is -1.04. The predicted molar refractivity (Wildman–Crippen MR) is 92.2 cm³/mol. The molecular weight excluding hydrogens is 382 g/mol. The van der Waals surface area contributed by atoms with Gasteiger partial charge < -0.3 is 15.2 Å². The van der Waals surface area contributed by atoms with Gasteiger partial charge in [-0.15, -0.1) is 11.3 Å². The highest BCUT2D eigenvalue weighted by molar-refractivity contribution is 9.10. The molecule has 0 radical (unpaired) electrons. The highest BCUT2D eigenvalue weighted by atomic mass is 79.9. The third-order valence-corrected chi connectivity index (χ3v) is 5.09. The van der Waals surface area contributed by atoms with Gasteiger partial charge in [-0.1, -0.05) is 0 Å². The maximum Gasteiger partial charge on any atom is 0.341 e. The van der Waals surface area contributed by atoms with E-state index in [1.165, 1.54) is 0 Å². The Morgan fingerprint density at radius 1 is 1.30 bits per heavy atom. The van der Waals surface area contributed by atoms with E-state index in [1.807, 2.05) is 11.4 Å². The van der Waals surface area contributed by atoms with Crippen molar-refractivity contribution in [2.75, 3.05) is 6.61 Å². The van der Waals surface area contributed by atoms with Crippen LogP contribution in [0.25, 0.3) is 0 Å². The molecule has 7 heteroatoms. The number of thiophene rings is 1. The van der Waals surface area contributed by atoms with Crippen molar-refractivity contribution in [2.45, 2.75) is 20.4 Å². The van der Waals surface area contributed by atoms with Gasteiger partial charge in [-0.3, -0.25) is 4.79 Å². The van der Waals surface area contributed by atoms with E-state index in [1.54, 1.807) is 37.3 Å². The lowest BCUT2D eigenvalue weighted by molar-refractivity contribution is -0.139. The molecule has 0 fully saturated rings. The van der Waals surface area contributed by atoms with Crippen LogP contribution < -0.4 is 10.1 Å². The summed E-state index contributed by atoms with van der Waals surface area (Å²) in [6.07, 6.45) is 0. The van der Waals surface area contributed by atoms with E-state index in [-0.39, 0.29) is 5.91 Å². The quantitative estimate of drug-likeness (QED) is 0.781. The molecule has 0 saturated heterocycles. The Balaban J connectivity index is 2.09. The molecule has 0 saturated carbocycles. The number of ether oxygens (including phenoxy) is 1. The maximum atomic E-state index is 12.3. The number of hydrogen-bond acceptors (Lipinski definition) is 4. The first kappa shape index (κ1) is 17.5. The number of benzene rings is 1. The number of hydrogen-bond donors (Lipinski definition) is 2. The van der Waals surface area contributed by atoms with Crippen molar-refractivity contribution in [3.8, 4) is 5.75 Å². The second kappa shape index (κ2) is 7.61. The predicted octanol–water partition coefficient (Wildman–Crippen LogP) is 3.52. The number of carboxylic acid groups (broad SMARTS) is 1. The monoisotopic (exact) mass is 397 g/mol. The smallest absolute Gasteiger partial charge is 0.341 e. The molecule has 23 heavy (non-hydrogen) atoms. The Morgan fingerprint density at radius 3 is 2.48 bits per heavy atom. The highest BCUT2D eigenvalue weighted by Gasteiger charge is 2.13. The summed E-state index contributed by atoms with van der Waals surface area (Å²) in [6.45, 7) is 3.62.